The first kappa shape index (κ1) is 16.7. The van der Waals surface area contributed by atoms with Crippen LogP contribution in [0.15, 0.2) is 42.6 Å². The van der Waals surface area contributed by atoms with Gasteiger partial charge in [-0.05, 0) is 30.3 Å². The van der Waals surface area contributed by atoms with Crippen molar-refractivity contribution in [2.24, 2.45) is 0 Å². The van der Waals surface area contributed by atoms with Gasteiger partial charge in [-0.1, -0.05) is 17.7 Å². The molecule has 5 nitrogen and oxygen atoms in total. The number of nitrogens with zero attached hydrogens (tertiary/aromatic N) is 3. The van der Waals surface area contributed by atoms with Gasteiger partial charge in [0.2, 0.25) is 0 Å². The van der Waals surface area contributed by atoms with Gasteiger partial charge in [0.1, 0.15) is 17.5 Å². The van der Waals surface area contributed by atoms with Crippen LogP contribution in [0.1, 0.15) is 5.56 Å². The van der Waals surface area contributed by atoms with E-state index in [2.05, 4.69) is 9.97 Å². The standard InChI is InChI=1S/C18H12ClFN4O/c1-25-15-6-5-12(19)16(17(15)20)10-8-14(13-4-2-3-7-23-13)24-18(22)11(10)9-21/h2-8H,1H3,(H2,22,24). The first-order chi connectivity index (χ1) is 12.1. The zero-order chi connectivity index (χ0) is 18.0. The number of aromatic nitrogens is 2. The number of rotatable bonds is 3. The predicted octanol–water partition coefficient (Wildman–Crippen LogP) is 4.07. The summed E-state index contributed by atoms with van der Waals surface area (Å²) in [7, 11) is 1.35. The Bertz CT molecular complexity index is 987. The molecule has 124 valence electrons. The third-order valence-electron chi connectivity index (χ3n) is 3.63. The molecule has 25 heavy (non-hydrogen) atoms. The highest BCUT2D eigenvalue weighted by Gasteiger charge is 2.21. The third kappa shape index (κ3) is 2.97. The minimum Gasteiger partial charge on any atom is -0.494 e. The molecule has 0 atom stereocenters. The van der Waals surface area contributed by atoms with Crippen LogP contribution in [0.5, 0.6) is 5.75 Å². The number of halogens is 2. The molecule has 0 saturated heterocycles. The number of pyridine rings is 2. The van der Waals surface area contributed by atoms with Crippen molar-refractivity contribution in [3.8, 4) is 34.3 Å². The fourth-order valence-electron chi connectivity index (χ4n) is 2.46. The maximum atomic E-state index is 14.8. The molecule has 3 rings (SSSR count). The molecule has 3 aromatic rings. The topological polar surface area (TPSA) is 84.8 Å². The lowest BCUT2D eigenvalue weighted by atomic mass is 9.98. The number of nitriles is 1. The summed E-state index contributed by atoms with van der Waals surface area (Å²) in [5.41, 5.74) is 7.17. The van der Waals surface area contributed by atoms with Crippen molar-refractivity contribution in [2.75, 3.05) is 12.8 Å². The number of hydrogen-bond acceptors (Lipinski definition) is 5. The molecular weight excluding hydrogens is 343 g/mol. The molecule has 0 bridgehead atoms. The van der Waals surface area contributed by atoms with E-state index in [0.29, 0.717) is 11.4 Å². The van der Waals surface area contributed by atoms with Crippen LogP contribution in [0.3, 0.4) is 0 Å². The van der Waals surface area contributed by atoms with Crippen LogP contribution in [-0.2, 0) is 0 Å². The molecular formula is C18H12ClFN4O. The number of nitrogen functional groups attached to an aromatic ring is 1. The van der Waals surface area contributed by atoms with Crippen LogP contribution in [-0.4, -0.2) is 17.1 Å². The lowest BCUT2D eigenvalue weighted by molar-refractivity contribution is 0.387. The largest absolute Gasteiger partial charge is 0.494 e. The molecule has 0 aliphatic carbocycles. The average molecular weight is 355 g/mol. The van der Waals surface area contributed by atoms with Crippen molar-refractivity contribution < 1.29 is 9.13 Å². The monoisotopic (exact) mass is 354 g/mol. The Balaban J connectivity index is 2.33. The van der Waals surface area contributed by atoms with Gasteiger partial charge in [0.25, 0.3) is 0 Å². The summed E-state index contributed by atoms with van der Waals surface area (Å²) < 4.78 is 19.8. The molecule has 0 fully saturated rings. The van der Waals surface area contributed by atoms with Gasteiger partial charge in [0, 0.05) is 17.3 Å². The van der Waals surface area contributed by atoms with Crippen molar-refractivity contribution in [2.45, 2.75) is 0 Å². The van der Waals surface area contributed by atoms with Gasteiger partial charge in [-0.2, -0.15) is 5.26 Å². The molecule has 2 N–H and O–H groups in total. The second kappa shape index (κ2) is 6.75. The smallest absolute Gasteiger partial charge is 0.174 e. The summed E-state index contributed by atoms with van der Waals surface area (Å²) in [5.74, 6) is -0.693. The van der Waals surface area contributed by atoms with Crippen LogP contribution in [0.4, 0.5) is 10.2 Å². The molecule has 0 unspecified atom stereocenters. The molecule has 2 heterocycles. The van der Waals surface area contributed by atoms with E-state index < -0.39 is 5.82 Å². The first-order valence-corrected chi connectivity index (χ1v) is 7.59. The van der Waals surface area contributed by atoms with E-state index in [1.165, 1.54) is 19.2 Å². The quantitative estimate of drug-likeness (QED) is 0.766. The van der Waals surface area contributed by atoms with E-state index >= 15 is 0 Å². The van der Waals surface area contributed by atoms with Gasteiger partial charge in [0.15, 0.2) is 11.6 Å². The Hall–Kier alpha value is -3.17. The van der Waals surface area contributed by atoms with E-state index in [1.54, 1.807) is 30.5 Å². The molecule has 2 aromatic heterocycles. The number of methoxy groups -OCH3 is 1. The summed E-state index contributed by atoms with van der Waals surface area (Å²) >= 11 is 6.19. The maximum absolute atomic E-state index is 14.8. The fourth-order valence-corrected chi connectivity index (χ4v) is 2.71. The normalized spacial score (nSPS) is 10.3. The second-order valence-electron chi connectivity index (χ2n) is 5.08. The van der Waals surface area contributed by atoms with Crippen LogP contribution in [0.25, 0.3) is 22.5 Å². The number of ether oxygens (including phenoxy) is 1. The Morgan fingerprint density at radius 2 is 2.04 bits per heavy atom. The highest BCUT2D eigenvalue weighted by atomic mass is 35.5. The van der Waals surface area contributed by atoms with Gasteiger partial charge in [0.05, 0.1) is 23.5 Å². The lowest BCUT2D eigenvalue weighted by Crippen LogP contribution is -2.02. The SMILES string of the molecule is COc1ccc(Cl)c(-c2cc(-c3ccccn3)nc(N)c2C#N)c1F. The zero-order valence-electron chi connectivity index (χ0n) is 13.1. The third-order valence-corrected chi connectivity index (χ3v) is 3.95. The molecule has 0 aliphatic heterocycles. The summed E-state index contributed by atoms with van der Waals surface area (Å²) in [5, 5.41) is 9.58. The Morgan fingerprint density at radius 3 is 2.68 bits per heavy atom. The minimum absolute atomic E-state index is 0.0121. The average Bonchev–Trinajstić information content (AvgIpc) is 2.62. The summed E-state index contributed by atoms with van der Waals surface area (Å²) in [6.45, 7) is 0. The number of nitrogens with two attached hydrogens (primary N) is 1. The van der Waals surface area contributed by atoms with Gasteiger partial charge < -0.3 is 10.5 Å². The minimum atomic E-state index is -0.677. The Morgan fingerprint density at radius 1 is 1.24 bits per heavy atom. The van der Waals surface area contributed by atoms with Gasteiger partial charge in [-0.3, -0.25) is 4.98 Å². The van der Waals surface area contributed by atoms with Gasteiger partial charge >= 0.3 is 0 Å². The second-order valence-corrected chi connectivity index (χ2v) is 5.49. The van der Waals surface area contributed by atoms with E-state index in [9.17, 15) is 9.65 Å². The van der Waals surface area contributed by atoms with E-state index in [-0.39, 0.29) is 33.3 Å². The maximum Gasteiger partial charge on any atom is 0.174 e. The number of benzene rings is 1. The molecule has 0 radical (unpaired) electrons. The van der Waals surface area contributed by atoms with E-state index in [4.69, 9.17) is 22.1 Å². The van der Waals surface area contributed by atoms with Crippen molar-refractivity contribution in [1.29, 1.82) is 5.26 Å². The first-order valence-electron chi connectivity index (χ1n) is 7.21. The van der Waals surface area contributed by atoms with Crippen molar-refractivity contribution in [3.63, 3.8) is 0 Å². The van der Waals surface area contributed by atoms with E-state index in [0.717, 1.165) is 0 Å². The molecule has 1 aromatic carbocycles. The Labute approximate surface area is 148 Å². The van der Waals surface area contributed by atoms with Gasteiger partial charge in [-0.25, -0.2) is 9.37 Å². The van der Waals surface area contributed by atoms with Crippen molar-refractivity contribution in [1.82, 2.24) is 9.97 Å². The summed E-state index contributed by atoms with van der Waals surface area (Å²) in [6, 6.07) is 11.7. The van der Waals surface area contributed by atoms with Crippen LogP contribution in [0, 0.1) is 17.1 Å². The fraction of sp³-hybridized carbons (Fsp3) is 0.0556. The molecule has 0 amide bonds. The molecule has 0 spiro atoms. The van der Waals surface area contributed by atoms with E-state index in [1.807, 2.05) is 6.07 Å². The Kier molecular flexibility index (Phi) is 4.50. The van der Waals surface area contributed by atoms with Crippen LogP contribution < -0.4 is 10.5 Å². The van der Waals surface area contributed by atoms with Crippen molar-refractivity contribution in [3.05, 3.63) is 59.0 Å². The molecule has 7 heteroatoms. The summed E-state index contributed by atoms with van der Waals surface area (Å²) in [4.78, 5) is 8.40. The van der Waals surface area contributed by atoms with Crippen LogP contribution in [0.2, 0.25) is 5.02 Å². The zero-order valence-corrected chi connectivity index (χ0v) is 13.9. The highest BCUT2D eigenvalue weighted by Crippen LogP contribution is 2.39. The number of hydrogen-bond donors (Lipinski definition) is 1. The molecule has 0 saturated carbocycles. The van der Waals surface area contributed by atoms with Crippen LogP contribution >= 0.6 is 11.6 Å². The molecule has 0 aliphatic rings. The number of anilines is 1. The predicted molar refractivity (Wildman–Crippen MR) is 93.6 cm³/mol. The summed E-state index contributed by atoms with van der Waals surface area (Å²) in [6.07, 6.45) is 1.60. The lowest BCUT2D eigenvalue weighted by Gasteiger charge is -2.13. The highest BCUT2D eigenvalue weighted by molar-refractivity contribution is 6.33. The van der Waals surface area contributed by atoms with Crippen molar-refractivity contribution >= 4 is 17.4 Å². The van der Waals surface area contributed by atoms with Gasteiger partial charge in [-0.15, -0.1) is 0 Å².